The van der Waals surface area contributed by atoms with E-state index in [1.165, 1.54) is 27.8 Å². The van der Waals surface area contributed by atoms with Crippen LogP contribution in [0.25, 0.3) is 5.69 Å². The predicted octanol–water partition coefficient (Wildman–Crippen LogP) is 3.38. The van der Waals surface area contributed by atoms with Crippen LogP contribution in [-0.2, 0) is 14.3 Å². The van der Waals surface area contributed by atoms with E-state index >= 15 is 0 Å². The summed E-state index contributed by atoms with van der Waals surface area (Å²) in [5, 5.41) is 0.735. The number of benzene rings is 1. The first-order valence-corrected chi connectivity index (χ1v) is 9.74. The highest BCUT2D eigenvalue weighted by Crippen LogP contribution is 2.22. The number of aryl methyl sites for hydroxylation is 2. The molecule has 0 atom stereocenters. The predicted molar refractivity (Wildman–Crippen MR) is 107 cm³/mol. The largest absolute Gasteiger partial charge is 0.459 e. The highest BCUT2D eigenvalue weighted by atomic mass is 32.2. The summed E-state index contributed by atoms with van der Waals surface area (Å²) >= 11 is 1.35. The maximum Gasteiger partial charge on any atom is 0.326 e. The van der Waals surface area contributed by atoms with Crippen LogP contribution in [0.3, 0.4) is 0 Å². The molecule has 1 amide bonds. The normalized spacial score (nSPS) is 11.3. The van der Waals surface area contributed by atoms with Gasteiger partial charge in [-0.15, -0.1) is 0 Å². The average molecular weight is 390 g/mol. The second-order valence-electron chi connectivity index (χ2n) is 7.55. The third kappa shape index (κ3) is 6.43. The zero-order chi connectivity index (χ0) is 20.2. The Morgan fingerprint density at radius 3 is 2.41 bits per heavy atom. The Hall–Kier alpha value is -2.28. The number of nitrogens with zero attached hydrogens (tertiary/aromatic N) is 3. The number of hydrogen-bond donors (Lipinski definition) is 0. The van der Waals surface area contributed by atoms with Crippen molar-refractivity contribution < 1.29 is 14.3 Å². The number of rotatable bonds is 6. The molecule has 1 aromatic heterocycles. The van der Waals surface area contributed by atoms with Crippen LogP contribution < -0.4 is 0 Å². The number of imidazole rings is 1. The summed E-state index contributed by atoms with van der Waals surface area (Å²) in [5.41, 5.74) is 2.79. The van der Waals surface area contributed by atoms with Gasteiger partial charge in [-0.3, -0.25) is 14.2 Å². The fourth-order valence-electron chi connectivity index (χ4n) is 2.57. The van der Waals surface area contributed by atoms with Gasteiger partial charge in [0.25, 0.3) is 0 Å². The molecule has 6 nitrogen and oxygen atoms in total. The standard InChI is InChI=1S/C20H27N3O3S/c1-14-9-15(2)11-16(10-14)23-8-7-21-19(23)27-13-17(24)22(6)12-18(25)26-20(3,4)5/h7-11H,12-13H2,1-6H3. The number of thioether (sulfide) groups is 1. The molecule has 0 aliphatic carbocycles. The van der Waals surface area contributed by atoms with Gasteiger partial charge in [-0.1, -0.05) is 17.8 Å². The molecule has 2 rings (SSSR count). The van der Waals surface area contributed by atoms with E-state index in [0.29, 0.717) is 0 Å². The second-order valence-corrected chi connectivity index (χ2v) is 8.49. The lowest BCUT2D eigenvalue weighted by Crippen LogP contribution is -2.37. The molecule has 0 bridgehead atoms. The van der Waals surface area contributed by atoms with Gasteiger partial charge in [0.2, 0.25) is 5.91 Å². The van der Waals surface area contributed by atoms with Gasteiger partial charge in [-0.2, -0.15) is 0 Å². The van der Waals surface area contributed by atoms with Crippen LogP contribution in [-0.4, -0.2) is 51.3 Å². The molecule has 0 unspecified atom stereocenters. The van der Waals surface area contributed by atoms with Gasteiger partial charge in [-0.05, 0) is 57.9 Å². The van der Waals surface area contributed by atoms with Gasteiger partial charge < -0.3 is 9.64 Å². The number of aromatic nitrogens is 2. The first-order valence-electron chi connectivity index (χ1n) is 8.76. The summed E-state index contributed by atoms with van der Waals surface area (Å²) in [6.07, 6.45) is 3.60. The van der Waals surface area contributed by atoms with Crippen molar-refractivity contribution in [1.29, 1.82) is 0 Å². The van der Waals surface area contributed by atoms with Gasteiger partial charge in [0, 0.05) is 25.1 Å². The quantitative estimate of drug-likeness (QED) is 0.560. The molecule has 0 radical (unpaired) electrons. The van der Waals surface area contributed by atoms with E-state index in [1.807, 2.05) is 10.8 Å². The van der Waals surface area contributed by atoms with Gasteiger partial charge in [0.1, 0.15) is 12.1 Å². The van der Waals surface area contributed by atoms with Crippen molar-refractivity contribution >= 4 is 23.6 Å². The first kappa shape index (κ1) is 21.0. The second kappa shape index (κ2) is 8.61. The van der Waals surface area contributed by atoms with Crippen molar-refractivity contribution in [3.63, 3.8) is 0 Å². The zero-order valence-corrected chi connectivity index (χ0v) is 17.6. The smallest absolute Gasteiger partial charge is 0.326 e. The molecule has 2 aromatic rings. The van der Waals surface area contributed by atoms with Gasteiger partial charge >= 0.3 is 5.97 Å². The Balaban J connectivity index is 1.98. The third-order valence-electron chi connectivity index (χ3n) is 3.63. The van der Waals surface area contributed by atoms with Gasteiger partial charge in [-0.25, -0.2) is 4.98 Å². The molecule has 146 valence electrons. The van der Waals surface area contributed by atoms with Crippen LogP contribution in [0.15, 0.2) is 35.7 Å². The zero-order valence-electron chi connectivity index (χ0n) is 16.8. The number of carbonyl (C=O) groups excluding carboxylic acids is 2. The number of hydrogen-bond acceptors (Lipinski definition) is 5. The Morgan fingerprint density at radius 1 is 1.19 bits per heavy atom. The monoisotopic (exact) mass is 389 g/mol. The van der Waals surface area contributed by atoms with Crippen LogP contribution in [0, 0.1) is 13.8 Å². The summed E-state index contributed by atoms with van der Waals surface area (Å²) < 4.78 is 7.22. The summed E-state index contributed by atoms with van der Waals surface area (Å²) in [6, 6.07) is 6.27. The van der Waals surface area contributed by atoms with E-state index in [9.17, 15) is 9.59 Å². The molecule has 7 heteroatoms. The van der Waals surface area contributed by atoms with Crippen molar-refractivity contribution in [2.75, 3.05) is 19.3 Å². The summed E-state index contributed by atoms with van der Waals surface area (Å²) in [6.45, 7) is 9.44. The maximum atomic E-state index is 12.4. The fraction of sp³-hybridized carbons (Fsp3) is 0.450. The van der Waals surface area contributed by atoms with Gasteiger partial charge in [0.15, 0.2) is 5.16 Å². The van der Waals surface area contributed by atoms with Crippen LogP contribution in [0.5, 0.6) is 0 Å². The van der Waals surface area contributed by atoms with E-state index in [4.69, 9.17) is 4.74 Å². The van der Waals surface area contributed by atoms with E-state index in [0.717, 1.165) is 10.8 Å². The molecule has 0 fully saturated rings. The van der Waals surface area contributed by atoms with Crippen molar-refractivity contribution in [3.8, 4) is 5.69 Å². The minimum atomic E-state index is -0.563. The van der Waals surface area contributed by atoms with E-state index in [-0.39, 0.29) is 18.2 Å². The highest BCUT2D eigenvalue weighted by molar-refractivity contribution is 7.99. The maximum absolute atomic E-state index is 12.4. The Bertz CT molecular complexity index is 804. The molecule has 1 aromatic carbocycles. The Labute approximate surface area is 164 Å². The molecule has 0 saturated carbocycles. The molecule has 0 spiro atoms. The van der Waals surface area contributed by atoms with Crippen molar-refractivity contribution in [2.24, 2.45) is 0 Å². The number of carbonyl (C=O) groups is 2. The lowest BCUT2D eigenvalue weighted by atomic mass is 10.1. The van der Waals surface area contributed by atoms with E-state index in [1.54, 1.807) is 34.0 Å². The minimum absolute atomic E-state index is 0.0673. The highest BCUT2D eigenvalue weighted by Gasteiger charge is 2.20. The van der Waals surface area contributed by atoms with Crippen molar-refractivity contribution in [3.05, 3.63) is 41.7 Å². The minimum Gasteiger partial charge on any atom is -0.459 e. The van der Waals surface area contributed by atoms with E-state index < -0.39 is 11.6 Å². The lowest BCUT2D eigenvalue weighted by molar-refractivity contribution is -0.157. The lowest BCUT2D eigenvalue weighted by Gasteiger charge is -2.22. The number of amides is 1. The molecule has 0 aliphatic rings. The molecule has 0 N–H and O–H groups in total. The fourth-order valence-corrected chi connectivity index (χ4v) is 3.49. The first-order chi connectivity index (χ1) is 12.5. The average Bonchev–Trinajstić information content (AvgIpc) is 2.98. The van der Waals surface area contributed by atoms with Crippen LogP contribution in [0.4, 0.5) is 0 Å². The summed E-state index contributed by atoms with van der Waals surface area (Å²) in [5.74, 6) is -0.373. The van der Waals surface area contributed by atoms with Crippen LogP contribution >= 0.6 is 11.8 Å². The van der Waals surface area contributed by atoms with Crippen molar-refractivity contribution in [2.45, 2.75) is 45.4 Å². The topological polar surface area (TPSA) is 64.4 Å². The Kier molecular flexibility index (Phi) is 6.70. The molecule has 1 heterocycles. The van der Waals surface area contributed by atoms with Gasteiger partial charge in [0.05, 0.1) is 5.75 Å². The molecule has 0 saturated heterocycles. The third-order valence-corrected chi connectivity index (χ3v) is 4.58. The van der Waals surface area contributed by atoms with Crippen LogP contribution in [0.1, 0.15) is 31.9 Å². The molecule has 27 heavy (non-hydrogen) atoms. The number of ether oxygens (including phenoxy) is 1. The number of esters is 1. The Morgan fingerprint density at radius 2 is 1.81 bits per heavy atom. The SMILES string of the molecule is Cc1cc(C)cc(-n2ccnc2SCC(=O)N(C)CC(=O)OC(C)(C)C)c1. The summed E-state index contributed by atoms with van der Waals surface area (Å²) in [7, 11) is 1.60. The molecule has 0 aliphatic heterocycles. The molecular weight excluding hydrogens is 362 g/mol. The van der Waals surface area contributed by atoms with Crippen LogP contribution in [0.2, 0.25) is 0 Å². The summed E-state index contributed by atoms with van der Waals surface area (Å²) in [4.78, 5) is 30.0. The van der Waals surface area contributed by atoms with E-state index in [2.05, 4.69) is 37.0 Å². The number of likely N-dealkylation sites (N-methyl/N-ethyl adjacent to an activating group) is 1. The molecular formula is C20H27N3O3S. The van der Waals surface area contributed by atoms with Crippen molar-refractivity contribution in [1.82, 2.24) is 14.5 Å².